The van der Waals surface area contributed by atoms with E-state index in [1.807, 2.05) is 0 Å². The molecule has 3 rings (SSSR count). The van der Waals surface area contributed by atoms with Crippen LogP contribution in [0.25, 0.3) is 0 Å². The summed E-state index contributed by atoms with van der Waals surface area (Å²) in [6.45, 7) is 7.21. The summed E-state index contributed by atoms with van der Waals surface area (Å²) in [5.41, 5.74) is 0.286. The number of amides is 2. The summed E-state index contributed by atoms with van der Waals surface area (Å²) >= 11 is 0. The lowest BCUT2D eigenvalue weighted by Crippen LogP contribution is -2.43. The minimum Gasteiger partial charge on any atom is -0.331 e. The summed E-state index contributed by atoms with van der Waals surface area (Å²) in [4.78, 5) is 26.5. The number of rotatable bonds is 1. The van der Waals surface area contributed by atoms with Crippen molar-refractivity contribution in [3.05, 3.63) is 30.1 Å². The predicted molar refractivity (Wildman–Crippen MR) is 86.3 cm³/mol. The van der Waals surface area contributed by atoms with Gasteiger partial charge in [0.2, 0.25) is 0 Å². The third kappa shape index (κ3) is 3.09. The number of hydrogen-bond donors (Lipinski definition) is 1. The first-order valence-corrected chi connectivity index (χ1v) is 8.06. The van der Waals surface area contributed by atoms with Crippen LogP contribution < -0.4 is 5.32 Å². The number of likely N-dealkylation sites (tertiary alicyclic amines) is 1. The number of benzene rings is 1. The highest BCUT2D eigenvalue weighted by molar-refractivity contribution is 6.39. The van der Waals surface area contributed by atoms with Crippen molar-refractivity contribution >= 4 is 17.5 Å². The number of hydrogen-bond acceptors (Lipinski definition) is 2. The Morgan fingerprint density at radius 2 is 1.91 bits per heavy atom. The van der Waals surface area contributed by atoms with Crippen LogP contribution in [0.2, 0.25) is 0 Å². The summed E-state index contributed by atoms with van der Waals surface area (Å²) in [5.74, 6) is -1.86. The molecule has 5 heteroatoms. The van der Waals surface area contributed by atoms with Gasteiger partial charge in [-0.2, -0.15) is 0 Å². The molecule has 0 spiro atoms. The molecule has 23 heavy (non-hydrogen) atoms. The minimum absolute atomic E-state index is 0.0413. The Kier molecular flexibility index (Phi) is 3.69. The highest BCUT2D eigenvalue weighted by atomic mass is 19.1. The lowest BCUT2D eigenvalue weighted by Gasteiger charge is -2.39. The first-order valence-electron chi connectivity index (χ1n) is 8.06. The molecule has 2 unspecified atom stereocenters. The number of carbonyl (C=O) groups is 2. The van der Waals surface area contributed by atoms with Crippen LogP contribution in [0.4, 0.5) is 10.1 Å². The van der Waals surface area contributed by atoms with E-state index in [1.54, 1.807) is 17.0 Å². The minimum atomic E-state index is -0.760. The first-order chi connectivity index (χ1) is 10.7. The van der Waals surface area contributed by atoms with Crippen LogP contribution in [0.15, 0.2) is 24.3 Å². The highest BCUT2D eigenvalue weighted by Crippen LogP contribution is 2.52. The molecule has 1 aromatic rings. The highest BCUT2D eigenvalue weighted by Gasteiger charge is 2.51. The van der Waals surface area contributed by atoms with E-state index in [4.69, 9.17) is 0 Å². The molecule has 124 valence electrons. The fourth-order valence-electron chi connectivity index (χ4n) is 4.57. The zero-order valence-corrected chi connectivity index (χ0v) is 13.9. The molecule has 2 fully saturated rings. The predicted octanol–water partition coefficient (Wildman–Crippen LogP) is 3.19. The molecule has 1 aromatic carbocycles. The van der Waals surface area contributed by atoms with Gasteiger partial charge in [0, 0.05) is 12.6 Å². The molecule has 2 atom stereocenters. The maximum absolute atomic E-state index is 13.6. The van der Waals surface area contributed by atoms with Gasteiger partial charge in [0.25, 0.3) is 0 Å². The number of halogens is 1. The van der Waals surface area contributed by atoms with Gasteiger partial charge < -0.3 is 10.2 Å². The van der Waals surface area contributed by atoms with Gasteiger partial charge in [0.15, 0.2) is 0 Å². The zero-order chi connectivity index (χ0) is 16.8. The normalized spacial score (nSPS) is 28.5. The van der Waals surface area contributed by atoms with Crippen LogP contribution in [0.3, 0.4) is 0 Å². The van der Waals surface area contributed by atoms with E-state index in [-0.39, 0.29) is 22.6 Å². The molecule has 1 aliphatic heterocycles. The molecule has 4 nitrogen and oxygen atoms in total. The van der Waals surface area contributed by atoms with Crippen LogP contribution in [0.5, 0.6) is 0 Å². The summed E-state index contributed by atoms with van der Waals surface area (Å²) in [5, 5.41) is 2.39. The molecule has 1 aliphatic carbocycles. The molecule has 2 aliphatic rings. The number of anilines is 1. The monoisotopic (exact) mass is 318 g/mol. The molecule has 1 heterocycles. The lowest BCUT2D eigenvalue weighted by molar-refractivity contribution is -0.144. The Morgan fingerprint density at radius 3 is 2.61 bits per heavy atom. The molecule has 2 amide bonds. The Morgan fingerprint density at radius 1 is 1.22 bits per heavy atom. The van der Waals surface area contributed by atoms with Crippen molar-refractivity contribution in [1.29, 1.82) is 0 Å². The first kappa shape index (κ1) is 16.0. The van der Waals surface area contributed by atoms with E-state index in [0.717, 1.165) is 19.3 Å². The summed E-state index contributed by atoms with van der Waals surface area (Å²) < 4.78 is 13.6. The number of carbonyl (C=O) groups excluding carboxylic acids is 2. The molecule has 1 saturated carbocycles. The second kappa shape index (κ2) is 5.32. The van der Waals surface area contributed by atoms with E-state index in [9.17, 15) is 14.0 Å². The van der Waals surface area contributed by atoms with Gasteiger partial charge in [-0.1, -0.05) is 32.9 Å². The van der Waals surface area contributed by atoms with Gasteiger partial charge >= 0.3 is 11.8 Å². The van der Waals surface area contributed by atoms with Gasteiger partial charge in [-0.05, 0) is 42.2 Å². The Hall–Kier alpha value is -1.91. The van der Waals surface area contributed by atoms with Crippen molar-refractivity contribution in [3.8, 4) is 0 Å². The Labute approximate surface area is 136 Å². The smallest absolute Gasteiger partial charge is 0.313 e. The molecular weight excluding hydrogens is 295 g/mol. The zero-order valence-electron chi connectivity index (χ0n) is 13.9. The number of nitrogens with zero attached hydrogens (tertiary/aromatic N) is 1. The van der Waals surface area contributed by atoms with Crippen molar-refractivity contribution < 1.29 is 14.0 Å². The number of para-hydroxylation sites is 1. The maximum atomic E-state index is 13.6. The van der Waals surface area contributed by atoms with E-state index in [0.29, 0.717) is 6.54 Å². The molecule has 1 N–H and O–H groups in total. The van der Waals surface area contributed by atoms with Gasteiger partial charge in [0.1, 0.15) is 5.82 Å². The van der Waals surface area contributed by atoms with Gasteiger partial charge in [-0.3, -0.25) is 9.59 Å². The maximum Gasteiger partial charge on any atom is 0.313 e. The van der Waals surface area contributed by atoms with Crippen molar-refractivity contribution in [1.82, 2.24) is 4.90 Å². The average Bonchev–Trinajstić information content (AvgIpc) is 2.69. The Balaban J connectivity index is 1.74. The van der Waals surface area contributed by atoms with E-state index >= 15 is 0 Å². The quantitative estimate of drug-likeness (QED) is 0.809. The largest absolute Gasteiger partial charge is 0.331 e. The van der Waals surface area contributed by atoms with Crippen LogP contribution >= 0.6 is 0 Å². The standard InChI is InChI=1S/C18H23FN2O2/c1-17(2)8-12-9-18(3,10-17)11-21(12)16(23)15(22)20-14-7-5-4-6-13(14)19/h4-7,12H,8-11H2,1-3H3,(H,20,22). The number of fused-ring (bicyclic) bond motifs is 2. The van der Waals surface area contributed by atoms with Gasteiger partial charge in [-0.15, -0.1) is 0 Å². The van der Waals surface area contributed by atoms with Crippen LogP contribution in [0, 0.1) is 16.6 Å². The Bertz CT molecular complexity index is 658. The van der Waals surface area contributed by atoms with Gasteiger partial charge in [0.05, 0.1) is 5.69 Å². The molecule has 2 bridgehead atoms. The summed E-state index contributed by atoms with van der Waals surface area (Å²) in [6, 6.07) is 5.97. The van der Waals surface area contributed by atoms with Crippen LogP contribution in [-0.4, -0.2) is 29.3 Å². The van der Waals surface area contributed by atoms with Crippen molar-refractivity contribution in [2.75, 3.05) is 11.9 Å². The van der Waals surface area contributed by atoms with E-state index in [1.165, 1.54) is 12.1 Å². The lowest BCUT2D eigenvalue weighted by atomic mass is 9.65. The fourth-order valence-corrected chi connectivity index (χ4v) is 4.57. The van der Waals surface area contributed by atoms with Crippen molar-refractivity contribution in [2.24, 2.45) is 10.8 Å². The van der Waals surface area contributed by atoms with Gasteiger partial charge in [-0.25, -0.2) is 4.39 Å². The molecule has 1 saturated heterocycles. The van der Waals surface area contributed by atoms with Crippen LogP contribution in [0.1, 0.15) is 40.0 Å². The average molecular weight is 318 g/mol. The van der Waals surface area contributed by atoms with Crippen molar-refractivity contribution in [2.45, 2.75) is 46.1 Å². The SMILES string of the molecule is CC1(C)CC2CC(C)(CN2C(=O)C(=O)Nc2ccccc2F)C1. The van der Waals surface area contributed by atoms with E-state index in [2.05, 4.69) is 26.1 Å². The van der Waals surface area contributed by atoms with E-state index < -0.39 is 17.6 Å². The number of nitrogens with one attached hydrogen (secondary N) is 1. The molecular formula is C18H23FN2O2. The second-order valence-corrected chi connectivity index (χ2v) is 8.08. The summed E-state index contributed by atoms with van der Waals surface area (Å²) in [7, 11) is 0. The third-order valence-corrected chi connectivity index (χ3v) is 4.99. The fraction of sp³-hybridized carbons (Fsp3) is 0.556. The van der Waals surface area contributed by atoms with Crippen molar-refractivity contribution in [3.63, 3.8) is 0 Å². The molecule has 0 aromatic heterocycles. The third-order valence-electron chi connectivity index (χ3n) is 4.99. The second-order valence-electron chi connectivity index (χ2n) is 8.08. The molecule has 0 radical (unpaired) electrons. The topological polar surface area (TPSA) is 49.4 Å². The van der Waals surface area contributed by atoms with Crippen LogP contribution in [-0.2, 0) is 9.59 Å². The summed E-state index contributed by atoms with van der Waals surface area (Å²) in [6.07, 6.45) is 2.89.